The van der Waals surface area contributed by atoms with Crippen molar-refractivity contribution in [2.24, 2.45) is 0 Å². The average molecular weight is 196 g/mol. The molecule has 0 saturated carbocycles. The molecule has 0 amide bonds. The van der Waals surface area contributed by atoms with Crippen molar-refractivity contribution in [3.63, 3.8) is 0 Å². The van der Waals surface area contributed by atoms with Crippen molar-refractivity contribution >= 4 is 5.97 Å². The second-order valence-corrected chi connectivity index (χ2v) is 3.17. The van der Waals surface area contributed by atoms with Crippen molar-refractivity contribution < 1.29 is 9.53 Å². The van der Waals surface area contributed by atoms with E-state index in [2.05, 4.69) is 5.10 Å². The second kappa shape index (κ2) is 4.79. The lowest BCUT2D eigenvalue weighted by Crippen LogP contribution is -2.21. The summed E-state index contributed by atoms with van der Waals surface area (Å²) in [6.07, 6.45) is 4.28. The lowest BCUT2D eigenvalue weighted by Gasteiger charge is -2.13. The van der Waals surface area contributed by atoms with Crippen LogP contribution in [-0.4, -0.2) is 22.4 Å². The Balaban J connectivity index is 2.76. The predicted octanol–water partition coefficient (Wildman–Crippen LogP) is 1.71. The van der Waals surface area contributed by atoms with Gasteiger partial charge in [-0.1, -0.05) is 6.92 Å². The lowest BCUT2D eigenvalue weighted by molar-refractivity contribution is -0.147. The highest BCUT2D eigenvalue weighted by molar-refractivity contribution is 5.73. The van der Waals surface area contributed by atoms with E-state index in [0.29, 0.717) is 13.0 Å². The van der Waals surface area contributed by atoms with Crippen LogP contribution in [0.25, 0.3) is 0 Å². The van der Waals surface area contributed by atoms with E-state index < -0.39 is 0 Å². The van der Waals surface area contributed by atoms with Crippen LogP contribution in [0.1, 0.15) is 31.9 Å². The van der Waals surface area contributed by atoms with E-state index in [0.717, 1.165) is 5.56 Å². The fourth-order valence-corrected chi connectivity index (χ4v) is 1.30. The van der Waals surface area contributed by atoms with Gasteiger partial charge in [0.25, 0.3) is 0 Å². The van der Waals surface area contributed by atoms with E-state index in [4.69, 9.17) is 4.74 Å². The molecule has 4 nitrogen and oxygen atoms in total. The van der Waals surface area contributed by atoms with Crippen LogP contribution in [0.3, 0.4) is 0 Å². The van der Waals surface area contributed by atoms with Gasteiger partial charge in [0.1, 0.15) is 6.04 Å². The highest BCUT2D eigenvalue weighted by Crippen LogP contribution is 2.12. The lowest BCUT2D eigenvalue weighted by atomic mass is 10.2. The topological polar surface area (TPSA) is 44.1 Å². The van der Waals surface area contributed by atoms with Crippen molar-refractivity contribution in [3.05, 3.63) is 18.0 Å². The highest BCUT2D eigenvalue weighted by atomic mass is 16.5. The number of aromatic nitrogens is 2. The van der Waals surface area contributed by atoms with Gasteiger partial charge in [0.2, 0.25) is 0 Å². The molecule has 0 N–H and O–H groups in total. The smallest absolute Gasteiger partial charge is 0.330 e. The standard InChI is InChI=1S/C10H16N2O2/c1-4-9(10(13)14-5-2)12-7-8(3)6-11-12/h6-7,9H,4-5H2,1-3H3. The largest absolute Gasteiger partial charge is 0.464 e. The Morgan fingerprint density at radius 2 is 2.36 bits per heavy atom. The Hall–Kier alpha value is -1.32. The quantitative estimate of drug-likeness (QED) is 0.688. The minimum absolute atomic E-state index is 0.210. The first-order chi connectivity index (χ1) is 6.69. The first-order valence-electron chi connectivity index (χ1n) is 4.86. The van der Waals surface area contributed by atoms with Crippen LogP contribution in [0.15, 0.2) is 12.4 Å². The van der Waals surface area contributed by atoms with Gasteiger partial charge < -0.3 is 4.74 Å². The molecular formula is C10H16N2O2. The van der Waals surface area contributed by atoms with E-state index in [1.54, 1.807) is 17.8 Å². The zero-order valence-corrected chi connectivity index (χ0v) is 8.86. The van der Waals surface area contributed by atoms with Crippen LogP contribution in [0.5, 0.6) is 0 Å². The third kappa shape index (κ3) is 2.34. The van der Waals surface area contributed by atoms with Gasteiger partial charge in [-0.05, 0) is 25.8 Å². The zero-order chi connectivity index (χ0) is 10.6. The number of nitrogens with zero attached hydrogens (tertiary/aromatic N) is 2. The minimum Gasteiger partial charge on any atom is -0.464 e. The molecule has 0 saturated heterocycles. The molecule has 0 radical (unpaired) electrons. The molecular weight excluding hydrogens is 180 g/mol. The molecule has 78 valence electrons. The molecule has 0 spiro atoms. The minimum atomic E-state index is -0.288. The van der Waals surface area contributed by atoms with E-state index in [-0.39, 0.29) is 12.0 Å². The molecule has 0 aromatic carbocycles. The third-order valence-corrected chi connectivity index (χ3v) is 2.00. The zero-order valence-electron chi connectivity index (χ0n) is 8.86. The van der Waals surface area contributed by atoms with Crippen LogP contribution in [0.4, 0.5) is 0 Å². The molecule has 1 unspecified atom stereocenters. The fourth-order valence-electron chi connectivity index (χ4n) is 1.30. The number of aryl methyl sites for hydroxylation is 1. The molecule has 0 fully saturated rings. The molecule has 0 bridgehead atoms. The normalized spacial score (nSPS) is 12.5. The van der Waals surface area contributed by atoms with Gasteiger partial charge >= 0.3 is 5.97 Å². The molecule has 4 heteroatoms. The third-order valence-electron chi connectivity index (χ3n) is 2.00. The molecule has 0 aliphatic rings. The van der Waals surface area contributed by atoms with E-state index in [9.17, 15) is 4.79 Å². The fraction of sp³-hybridized carbons (Fsp3) is 0.600. The Morgan fingerprint density at radius 1 is 1.64 bits per heavy atom. The van der Waals surface area contributed by atoms with Gasteiger partial charge in [-0.3, -0.25) is 4.68 Å². The number of hydrogen-bond donors (Lipinski definition) is 0. The molecule has 1 aromatic heterocycles. The number of ether oxygens (including phenoxy) is 1. The number of rotatable bonds is 4. The van der Waals surface area contributed by atoms with Crippen molar-refractivity contribution in [1.29, 1.82) is 0 Å². The first kappa shape index (κ1) is 10.8. The molecule has 0 aliphatic carbocycles. The summed E-state index contributed by atoms with van der Waals surface area (Å²) in [5, 5.41) is 4.11. The summed E-state index contributed by atoms with van der Waals surface area (Å²) < 4.78 is 6.62. The summed E-state index contributed by atoms with van der Waals surface area (Å²) in [4.78, 5) is 11.5. The summed E-state index contributed by atoms with van der Waals surface area (Å²) in [6, 6.07) is -0.288. The first-order valence-corrected chi connectivity index (χ1v) is 4.86. The van der Waals surface area contributed by atoms with E-state index >= 15 is 0 Å². The number of carbonyl (C=O) groups excluding carboxylic acids is 1. The second-order valence-electron chi connectivity index (χ2n) is 3.17. The SMILES string of the molecule is CCOC(=O)C(CC)n1cc(C)cn1. The Labute approximate surface area is 83.9 Å². The summed E-state index contributed by atoms with van der Waals surface area (Å²) in [5.41, 5.74) is 1.05. The van der Waals surface area contributed by atoms with Gasteiger partial charge in [0.05, 0.1) is 12.8 Å². The van der Waals surface area contributed by atoms with Gasteiger partial charge in [0.15, 0.2) is 0 Å². The maximum atomic E-state index is 11.5. The number of esters is 1. The molecule has 1 aromatic rings. The summed E-state index contributed by atoms with van der Waals surface area (Å²) in [6.45, 7) is 6.11. The maximum Gasteiger partial charge on any atom is 0.330 e. The van der Waals surface area contributed by atoms with E-state index in [1.165, 1.54) is 0 Å². The Kier molecular flexibility index (Phi) is 3.68. The summed E-state index contributed by atoms with van der Waals surface area (Å²) >= 11 is 0. The summed E-state index contributed by atoms with van der Waals surface area (Å²) in [7, 11) is 0. The van der Waals surface area contributed by atoms with Crippen LogP contribution in [0, 0.1) is 6.92 Å². The number of hydrogen-bond acceptors (Lipinski definition) is 3. The molecule has 14 heavy (non-hydrogen) atoms. The summed E-state index contributed by atoms with van der Waals surface area (Å²) in [5.74, 6) is -0.210. The van der Waals surface area contributed by atoms with Gasteiger partial charge in [-0.25, -0.2) is 4.79 Å². The Bertz CT molecular complexity index is 307. The van der Waals surface area contributed by atoms with Crippen molar-refractivity contribution in [2.75, 3.05) is 6.61 Å². The average Bonchev–Trinajstić information content (AvgIpc) is 2.54. The van der Waals surface area contributed by atoms with Crippen molar-refractivity contribution in [3.8, 4) is 0 Å². The monoisotopic (exact) mass is 196 g/mol. The highest BCUT2D eigenvalue weighted by Gasteiger charge is 2.19. The molecule has 1 heterocycles. The predicted molar refractivity (Wildman–Crippen MR) is 52.9 cm³/mol. The maximum absolute atomic E-state index is 11.5. The molecule has 1 rings (SSSR count). The van der Waals surface area contributed by atoms with Crippen LogP contribution in [-0.2, 0) is 9.53 Å². The number of carbonyl (C=O) groups is 1. The van der Waals surface area contributed by atoms with Crippen molar-refractivity contribution in [1.82, 2.24) is 9.78 Å². The van der Waals surface area contributed by atoms with Crippen LogP contribution < -0.4 is 0 Å². The Morgan fingerprint density at radius 3 is 2.79 bits per heavy atom. The van der Waals surface area contributed by atoms with E-state index in [1.807, 2.05) is 20.0 Å². The van der Waals surface area contributed by atoms with Gasteiger partial charge in [-0.2, -0.15) is 5.10 Å². The van der Waals surface area contributed by atoms with Crippen LogP contribution in [0.2, 0.25) is 0 Å². The molecule has 1 atom stereocenters. The van der Waals surface area contributed by atoms with Crippen molar-refractivity contribution in [2.45, 2.75) is 33.2 Å². The van der Waals surface area contributed by atoms with Crippen LogP contribution >= 0.6 is 0 Å². The van der Waals surface area contributed by atoms with Gasteiger partial charge in [-0.15, -0.1) is 0 Å². The molecule has 0 aliphatic heterocycles. The van der Waals surface area contributed by atoms with Gasteiger partial charge in [0, 0.05) is 6.20 Å².